The Balaban J connectivity index is 2.38. The molecule has 0 aliphatic heterocycles. The fourth-order valence-electron chi connectivity index (χ4n) is 2.44. The molecule has 136 valence electrons. The van der Waals surface area contributed by atoms with Crippen LogP contribution < -0.4 is 5.32 Å². The van der Waals surface area contributed by atoms with Gasteiger partial charge in [0.25, 0.3) is 0 Å². The van der Waals surface area contributed by atoms with Crippen LogP contribution in [0.4, 0.5) is 13.2 Å². The Morgan fingerprint density at radius 2 is 1.88 bits per heavy atom. The monoisotopic (exact) mass is 344 g/mol. The lowest BCUT2D eigenvalue weighted by Gasteiger charge is -2.23. The van der Waals surface area contributed by atoms with Crippen LogP contribution in [0.2, 0.25) is 0 Å². The second-order valence-corrected chi connectivity index (χ2v) is 5.96. The number of hydrogen-bond donors (Lipinski definition) is 1. The molecule has 0 aliphatic carbocycles. The van der Waals surface area contributed by atoms with Crippen molar-refractivity contribution >= 4 is 5.96 Å². The summed E-state index contributed by atoms with van der Waals surface area (Å²) in [6.07, 6.45) is -3.53. The lowest BCUT2D eigenvalue weighted by molar-refractivity contribution is -0.143. The molecule has 0 fully saturated rings. The van der Waals surface area contributed by atoms with Gasteiger partial charge in [-0.05, 0) is 38.1 Å². The first-order valence-corrected chi connectivity index (χ1v) is 7.94. The van der Waals surface area contributed by atoms with Gasteiger partial charge in [-0.25, -0.2) is 0 Å². The van der Waals surface area contributed by atoms with Gasteiger partial charge in [0.2, 0.25) is 0 Å². The lowest BCUT2D eigenvalue weighted by atomic mass is 10.1. The Hall–Kier alpha value is -1.76. The van der Waals surface area contributed by atoms with Crippen molar-refractivity contribution in [2.24, 2.45) is 4.99 Å². The van der Waals surface area contributed by atoms with Gasteiger partial charge in [-0.2, -0.15) is 13.2 Å². The van der Waals surface area contributed by atoms with Gasteiger partial charge in [-0.1, -0.05) is 24.3 Å². The molecule has 1 N–H and O–H groups in total. The standard InChI is InChI=1S/C17H27F3N4/c1-14-8-5-6-9-15(14)12-24(4)16(21-2)22-10-7-11-23(3)13-17(18,19)20/h5-6,8-9H,7,10-13H2,1-4H3,(H,21,22). The predicted molar refractivity (Wildman–Crippen MR) is 92.2 cm³/mol. The zero-order valence-electron chi connectivity index (χ0n) is 14.8. The van der Waals surface area contributed by atoms with Crippen LogP contribution in [0.25, 0.3) is 0 Å². The molecule has 24 heavy (non-hydrogen) atoms. The molecule has 0 unspecified atom stereocenters. The number of rotatable bonds is 7. The molecule has 0 saturated carbocycles. The van der Waals surface area contributed by atoms with Gasteiger partial charge < -0.3 is 10.2 Å². The summed E-state index contributed by atoms with van der Waals surface area (Å²) in [5, 5.41) is 3.20. The van der Waals surface area contributed by atoms with Gasteiger partial charge in [-0.3, -0.25) is 9.89 Å². The maximum atomic E-state index is 12.3. The molecular formula is C17H27F3N4. The van der Waals surface area contributed by atoms with Crippen molar-refractivity contribution < 1.29 is 13.2 Å². The highest BCUT2D eigenvalue weighted by Crippen LogP contribution is 2.15. The summed E-state index contributed by atoms with van der Waals surface area (Å²) in [5.74, 6) is 0.733. The molecule has 7 heteroatoms. The summed E-state index contributed by atoms with van der Waals surface area (Å²) >= 11 is 0. The summed E-state index contributed by atoms with van der Waals surface area (Å²) in [7, 11) is 5.12. The van der Waals surface area contributed by atoms with E-state index >= 15 is 0 Å². The minimum absolute atomic E-state index is 0.380. The van der Waals surface area contributed by atoms with E-state index in [4.69, 9.17) is 0 Å². The van der Waals surface area contributed by atoms with Crippen LogP contribution >= 0.6 is 0 Å². The SMILES string of the molecule is CN=C(NCCCN(C)CC(F)(F)F)N(C)Cc1ccccc1C. The molecule has 0 heterocycles. The summed E-state index contributed by atoms with van der Waals surface area (Å²) in [5.41, 5.74) is 2.43. The molecule has 0 amide bonds. The molecule has 1 aromatic rings. The van der Waals surface area contributed by atoms with Gasteiger partial charge in [-0.15, -0.1) is 0 Å². The quantitative estimate of drug-likeness (QED) is 0.469. The minimum Gasteiger partial charge on any atom is -0.356 e. The Kier molecular flexibility index (Phi) is 8.04. The number of aliphatic imine (C=N–C) groups is 1. The average molecular weight is 344 g/mol. The molecule has 0 bridgehead atoms. The molecule has 1 aromatic carbocycles. The van der Waals surface area contributed by atoms with Crippen LogP contribution in [0.3, 0.4) is 0 Å². The summed E-state index contributed by atoms with van der Waals surface area (Å²) in [4.78, 5) is 7.51. The van der Waals surface area contributed by atoms with E-state index in [1.165, 1.54) is 23.1 Å². The largest absolute Gasteiger partial charge is 0.401 e. The van der Waals surface area contributed by atoms with E-state index in [-0.39, 0.29) is 0 Å². The normalized spacial score (nSPS) is 12.6. The number of guanidine groups is 1. The summed E-state index contributed by atoms with van der Waals surface area (Å²) < 4.78 is 36.8. The number of nitrogens with zero attached hydrogens (tertiary/aromatic N) is 3. The molecule has 0 radical (unpaired) electrons. The first-order chi connectivity index (χ1) is 11.2. The lowest BCUT2D eigenvalue weighted by Crippen LogP contribution is -2.40. The van der Waals surface area contributed by atoms with Crippen molar-refractivity contribution in [3.63, 3.8) is 0 Å². The van der Waals surface area contributed by atoms with Crippen LogP contribution in [0.15, 0.2) is 29.3 Å². The summed E-state index contributed by atoms with van der Waals surface area (Å²) in [6.45, 7) is 2.86. The highest BCUT2D eigenvalue weighted by Gasteiger charge is 2.28. The number of alkyl halides is 3. The van der Waals surface area contributed by atoms with E-state index in [9.17, 15) is 13.2 Å². The number of aryl methyl sites for hydroxylation is 1. The molecule has 0 aromatic heterocycles. The number of halogens is 3. The van der Waals surface area contributed by atoms with Crippen molar-refractivity contribution in [3.8, 4) is 0 Å². The third-order valence-electron chi connectivity index (χ3n) is 3.69. The first-order valence-electron chi connectivity index (χ1n) is 7.94. The molecule has 4 nitrogen and oxygen atoms in total. The fourth-order valence-corrected chi connectivity index (χ4v) is 2.44. The highest BCUT2D eigenvalue weighted by molar-refractivity contribution is 5.79. The topological polar surface area (TPSA) is 30.9 Å². The minimum atomic E-state index is -4.15. The van der Waals surface area contributed by atoms with Gasteiger partial charge in [0.15, 0.2) is 5.96 Å². The molecule has 0 saturated heterocycles. The van der Waals surface area contributed by atoms with Crippen LogP contribution in [0.5, 0.6) is 0 Å². The van der Waals surface area contributed by atoms with Crippen LogP contribution in [-0.2, 0) is 6.54 Å². The van der Waals surface area contributed by atoms with E-state index in [1.807, 2.05) is 24.1 Å². The Labute approximate surface area is 142 Å². The average Bonchev–Trinajstić information content (AvgIpc) is 2.47. The van der Waals surface area contributed by atoms with Crippen molar-refractivity contribution in [1.29, 1.82) is 0 Å². The second kappa shape index (κ2) is 9.52. The van der Waals surface area contributed by atoms with Crippen molar-refractivity contribution in [3.05, 3.63) is 35.4 Å². The summed E-state index contributed by atoms with van der Waals surface area (Å²) in [6, 6.07) is 8.15. The van der Waals surface area contributed by atoms with E-state index in [2.05, 4.69) is 29.4 Å². The van der Waals surface area contributed by atoms with Crippen molar-refractivity contribution in [1.82, 2.24) is 15.1 Å². The second-order valence-electron chi connectivity index (χ2n) is 5.96. The maximum Gasteiger partial charge on any atom is 0.401 e. The van der Waals surface area contributed by atoms with Crippen LogP contribution in [0, 0.1) is 6.92 Å². The molecule has 1 rings (SSSR count). The Bertz CT molecular complexity index is 529. The van der Waals surface area contributed by atoms with E-state index in [0.29, 0.717) is 19.5 Å². The van der Waals surface area contributed by atoms with Crippen molar-refractivity contribution in [2.75, 3.05) is 40.8 Å². The third kappa shape index (κ3) is 7.68. The highest BCUT2D eigenvalue weighted by atomic mass is 19.4. The van der Waals surface area contributed by atoms with Gasteiger partial charge in [0.1, 0.15) is 0 Å². The zero-order valence-corrected chi connectivity index (χ0v) is 14.8. The van der Waals surface area contributed by atoms with E-state index in [1.54, 1.807) is 7.05 Å². The first kappa shape index (κ1) is 20.3. The predicted octanol–water partition coefficient (Wildman–Crippen LogP) is 2.89. The molecule has 0 atom stereocenters. The number of benzene rings is 1. The van der Waals surface area contributed by atoms with Crippen LogP contribution in [-0.4, -0.2) is 62.7 Å². The van der Waals surface area contributed by atoms with Gasteiger partial charge >= 0.3 is 6.18 Å². The van der Waals surface area contributed by atoms with Crippen LogP contribution in [0.1, 0.15) is 17.5 Å². The number of hydrogen-bond acceptors (Lipinski definition) is 2. The van der Waals surface area contributed by atoms with E-state index in [0.717, 1.165) is 12.5 Å². The van der Waals surface area contributed by atoms with Gasteiger partial charge in [0, 0.05) is 27.2 Å². The Morgan fingerprint density at radius 1 is 1.21 bits per heavy atom. The smallest absolute Gasteiger partial charge is 0.356 e. The Morgan fingerprint density at radius 3 is 2.46 bits per heavy atom. The molecular weight excluding hydrogens is 317 g/mol. The number of nitrogens with one attached hydrogen (secondary N) is 1. The van der Waals surface area contributed by atoms with Crippen molar-refractivity contribution in [2.45, 2.75) is 26.1 Å². The maximum absolute atomic E-state index is 12.3. The zero-order chi connectivity index (χ0) is 18.2. The molecule has 0 aliphatic rings. The van der Waals surface area contributed by atoms with Gasteiger partial charge in [0.05, 0.1) is 6.54 Å². The van der Waals surface area contributed by atoms with E-state index < -0.39 is 12.7 Å². The molecule has 0 spiro atoms. The third-order valence-corrected chi connectivity index (χ3v) is 3.69. The fraction of sp³-hybridized carbons (Fsp3) is 0.588.